The average molecular weight is 185 g/mol. The molecule has 0 aliphatic heterocycles. The van der Waals surface area contributed by atoms with Gasteiger partial charge in [0.25, 0.3) is 0 Å². The molecule has 1 aliphatic carbocycles. The number of ether oxygens (including phenoxy) is 1. The van der Waals surface area contributed by atoms with E-state index in [1.165, 1.54) is 32.1 Å². The van der Waals surface area contributed by atoms with Crippen LogP contribution in [0.25, 0.3) is 0 Å². The van der Waals surface area contributed by atoms with E-state index in [4.69, 9.17) is 10.5 Å². The Morgan fingerprint density at radius 1 is 1.23 bits per heavy atom. The van der Waals surface area contributed by atoms with Crippen LogP contribution in [-0.4, -0.2) is 18.8 Å². The predicted molar refractivity (Wildman–Crippen MR) is 55.6 cm³/mol. The molecule has 1 saturated carbocycles. The number of hydrogen-bond acceptors (Lipinski definition) is 2. The molecule has 1 aliphatic rings. The van der Waals surface area contributed by atoms with E-state index in [0.29, 0.717) is 12.2 Å². The van der Waals surface area contributed by atoms with Crippen molar-refractivity contribution in [2.45, 2.75) is 58.2 Å². The molecular weight excluding hydrogens is 162 g/mol. The van der Waals surface area contributed by atoms with Crippen LogP contribution in [0.5, 0.6) is 0 Å². The van der Waals surface area contributed by atoms with Gasteiger partial charge in [-0.1, -0.05) is 0 Å². The predicted octanol–water partition coefficient (Wildman–Crippen LogP) is 2.32. The van der Waals surface area contributed by atoms with Gasteiger partial charge < -0.3 is 10.5 Å². The second-order valence-electron chi connectivity index (χ2n) is 4.40. The Labute approximate surface area is 81.8 Å². The van der Waals surface area contributed by atoms with Gasteiger partial charge in [0.05, 0.1) is 12.2 Å². The summed E-state index contributed by atoms with van der Waals surface area (Å²) in [7, 11) is 0. The fourth-order valence-electron chi connectivity index (χ4n) is 2.18. The summed E-state index contributed by atoms with van der Waals surface area (Å²) in [5.41, 5.74) is 5.54. The minimum absolute atomic E-state index is 0.385. The molecule has 13 heavy (non-hydrogen) atoms. The van der Waals surface area contributed by atoms with Gasteiger partial charge in [-0.25, -0.2) is 0 Å². The monoisotopic (exact) mass is 185 g/mol. The van der Waals surface area contributed by atoms with Gasteiger partial charge in [0.1, 0.15) is 0 Å². The third-order valence-corrected chi connectivity index (χ3v) is 2.83. The Morgan fingerprint density at radius 3 is 2.31 bits per heavy atom. The highest BCUT2D eigenvalue weighted by molar-refractivity contribution is 4.73. The van der Waals surface area contributed by atoms with Crippen molar-refractivity contribution in [2.75, 3.05) is 6.54 Å². The second-order valence-corrected chi connectivity index (χ2v) is 4.40. The van der Waals surface area contributed by atoms with Crippen molar-refractivity contribution >= 4 is 0 Å². The van der Waals surface area contributed by atoms with Crippen molar-refractivity contribution < 1.29 is 4.74 Å². The molecule has 0 aromatic rings. The zero-order valence-corrected chi connectivity index (χ0v) is 8.96. The molecule has 2 N–H and O–H groups in total. The van der Waals surface area contributed by atoms with Crippen LogP contribution in [0.2, 0.25) is 0 Å². The van der Waals surface area contributed by atoms with Crippen molar-refractivity contribution in [1.29, 1.82) is 0 Å². The summed E-state index contributed by atoms with van der Waals surface area (Å²) >= 11 is 0. The first-order chi connectivity index (χ1) is 6.22. The van der Waals surface area contributed by atoms with Crippen molar-refractivity contribution in [2.24, 2.45) is 11.7 Å². The summed E-state index contributed by atoms with van der Waals surface area (Å²) < 4.78 is 5.79. The highest BCUT2D eigenvalue weighted by atomic mass is 16.5. The molecule has 0 spiro atoms. The van der Waals surface area contributed by atoms with E-state index < -0.39 is 0 Å². The fraction of sp³-hybridized carbons (Fsp3) is 1.00. The first-order valence-electron chi connectivity index (χ1n) is 5.58. The zero-order chi connectivity index (χ0) is 9.68. The van der Waals surface area contributed by atoms with Crippen LogP contribution in [-0.2, 0) is 4.74 Å². The molecule has 0 aromatic carbocycles. The van der Waals surface area contributed by atoms with Crippen LogP contribution >= 0.6 is 0 Å². The van der Waals surface area contributed by atoms with Gasteiger partial charge in [-0.3, -0.25) is 0 Å². The lowest BCUT2D eigenvalue weighted by molar-refractivity contribution is -0.0200. The van der Waals surface area contributed by atoms with E-state index >= 15 is 0 Å². The summed E-state index contributed by atoms with van der Waals surface area (Å²) in [4.78, 5) is 0. The topological polar surface area (TPSA) is 35.2 Å². The lowest BCUT2D eigenvalue weighted by Crippen LogP contribution is -2.25. The number of nitrogens with two attached hydrogens (primary N) is 1. The summed E-state index contributed by atoms with van der Waals surface area (Å²) in [6.07, 6.45) is 7.22. The van der Waals surface area contributed by atoms with Crippen molar-refractivity contribution in [1.82, 2.24) is 0 Å². The molecule has 0 heterocycles. The molecule has 78 valence electrons. The van der Waals surface area contributed by atoms with Gasteiger partial charge in [-0.15, -0.1) is 0 Å². The van der Waals surface area contributed by atoms with Crippen molar-refractivity contribution in [3.05, 3.63) is 0 Å². The minimum Gasteiger partial charge on any atom is -0.376 e. The molecule has 0 saturated heterocycles. The molecule has 2 heteroatoms. The SMILES string of the molecule is CC(C)OC1CCC(CCN)CC1. The molecular formula is C11H23NO. The van der Waals surface area contributed by atoms with Gasteiger partial charge in [0, 0.05) is 0 Å². The van der Waals surface area contributed by atoms with Gasteiger partial charge >= 0.3 is 0 Å². The van der Waals surface area contributed by atoms with Crippen LogP contribution in [0, 0.1) is 5.92 Å². The third kappa shape index (κ3) is 4.10. The maximum atomic E-state index is 5.79. The van der Waals surface area contributed by atoms with Gasteiger partial charge in [-0.05, 0) is 58.4 Å². The quantitative estimate of drug-likeness (QED) is 0.729. The molecule has 2 nitrogen and oxygen atoms in total. The van der Waals surface area contributed by atoms with Crippen LogP contribution in [0.15, 0.2) is 0 Å². The normalized spacial score (nSPS) is 29.5. The standard InChI is InChI=1S/C11H23NO/c1-9(2)13-11-5-3-10(4-6-11)7-8-12/h9-11H,3-8,12H2,1-2H3. The Bertz CT molecular complexity index is 128. The fourth-order valence-corrected chi connectivity index (χ4v) is 2.18. The lowest BCUT2D eigenvalue weighted by atomic mass is 9.85. The molecule has 0 amide bonds. The smallest absolute Gasteiger partial charge is 0.0578 e. The van der Waals surface area contributed by atoms with E-state index in [9.17, 15) is 0 Å². The second kappa shape index (κ2) is 5.61. The molecule has 0 unspecified atom stereocenters. The van der Waals surface area contributed by atoms with E-state index in [0.717, 1.165) is 12.5 Å². The Hall–Kier alpha value is -0.0800. The lowest BCUT2D eigenvalue weighted by Gasteiger charge is -2.29. The van der Waals surface area contributed by atoms with Crippen molar-refractivity contribution in [3.63, 3.8) is 0 Å². The molecule has 0 atom stereocenters. The summed E-state index contributed by atoms with van der Waals surface area (Å²) in [5.74, 6) is 0.872. The minimum atomic E-state index is 0.385. The number of hydrogen-bond donors (Lipinski definition) is 1. The largest absolute Gasteiger partial charge is 0.376 e. The van der Waals surface area contributed by atoms with E-state index in [2.05, 4.69) is 13.8 Å². The van der Waals surface area contributed by atoms with E-state index in [-0.39, 0.29) is 0 Å². The Morgan fingerprint density at radius 2 is 1.85 bits per heavy atom. The summed E-state index contributed by atoms with van der Waals surface area (Å²) in [5, 5.41) is 0. The van der Waals surface area contributed by atoms with Crippen LogP contribution in [0.3, 0.4) is 0 Å². The maximum absolute atomic E-state index is 5.79. The first-order valence-corrected chi connectivity index (χ1v) is 5.58. The van der Waals surface area contributed by atoms with Crippen LogP contribution in [0.4, 0.5) is 0 Å². The highest BCUT2D eigenvalue weighted by Gasteiger charge is 2.21. The van der Waals surface area contributed by atoms with Gasteiger partial charge in [-0.2, -0.15) is 0 Å². The van der Waals surface area contributed by atoms with E-state index in [1.807, 2.05) is 0 Å². The molecule has 1 rings (SSSR count). The van der Waals surface area contributed by atoms with Crippen LogP contribution < -0.4 is 5.73 Å². The summed E-state index contributed by atoms with van der Waals surface area (Å²) in [6, 6.07) is 0. The maximum Gasteiger partial charge on any atom is 0.0578 e. The van der Waals surface area contributed by atoms with Crippen molar-refractivity contribution in [3.8, 4) is 0 Å². The third-order valence-electron chi connectivity index (χ3n) is 2.83. The summed E-state index contributed by atoms with van der Waals surface area (Å²) in [6.45, 7) is 5.08. The zero-order valence-electron chi connectivity index (χ0n) is 8.96. The van der Waals surface area contributed by atoms with E-state index in [1.54, 1.807) is 0 Å². The first kappa shape index (κ1) is 11.0. The molecule has 0 aromatic heterocycles. The number of rotatable bonds is 4. The van der Waals surface area contributed by atoms with Gasteiger partial charge in [0.2, 0.25) is 0 Å². The molecule has 0 radical (unpaired) electrons. The van der Waals surface area contributed by atoms with Gasteiger partial charge in [0.15, 0.2) is 0 Å². The highest BCUT2D eigenvalue weighted by Crippen LogP contribution is 2.28. The average Bonchev–Trinajstić information content (AvgIpc) is 2.08. The van der Waals surface area contributed by atoms with Crippen LogP contribution in [0.1, 0.15) is 46.0 Å². The Balaban J connectivity index is 2.15. The molecule has 1 fully saturated rings. The Kier molecular flexibility index (Phi) is 4.74. The molecule has 0 bridgehead atoms.